The minimum atomic E-state index is -1.05. The Bertz CT molecular complexity index is 1070. The summed E-state index contributed by atoms with van der Waals surface area (Å²) < 4.78 is 16.2. The molecule has 1 N–H and O–H groups in total. The van der Waals surface area contributed by atoms with Gasteiger partial charge in [0, 0.05) is 17.7 Å². The molecule has 30 heavy (non-hydrogen) atoms. The lowest BCUT2D eigenvalue weighted by Crippen LogP contribution is -2.36. The number of hydrogen-bond acceptors (Lipinski definition) is 7. The molecule has 1 heterocycles. The van der Waals surface area contributed by atoms with E-state index in [-0.39, 0.29) is 12.4 Å². The SMILES string of the molecule is COc1ccccc1CNC(=O)[C@@H](C)OC(=O)Cn1nc(-c2ccccc2)oc1=O. The minimum absolute atomic E-state index is 0.0935. The zero-order valence-electron chi connectivity index (χ0n) is 16.5. The maximum Gasteiger partial charge on any atom is 0.437 e. The highest BCUT2D eigenvalue weighted by Crippen LogP contribution is 2.17. The molecule has 0 spiro atoms. The number of nitrogens with one attached hydrogen (secondary N) is 1. The van der Waals surface area contributed by atoms with Crippen LogP contribution in [0, 0.1) is 0 Å². The normalized spacial score (nSPS) is 11.5. The van der Waals surface area contributed by atoms with Crippen molar-refractivity contribution in [1.29, 1.82) is 0 Å². The smallest absolute Gasteiger partial charge is 0.437 e. The molecule has 0 fully saturated rings. The fourth-order valence-corrected chi connectivity index (χ4v) is 2.69. The van der Waals surface area contributed by atoms with Crippen molar-refractivity contribution in [2.45, 2.75) is 26.1 Å². The van der Waals surface area contributed by atoms with Crippen LogP contribution in [0.4, 0.5) is 0 Å². The molecular weight excluding hydrogens is 390 g/mol. The zero-order valence-corrected chi connectivity index (χ0v) is 16.5. The van der Waals surface area contributed by atoms with Crippen molar-refractivity contribution < 1.29 is 23.5 Å². The van der Waals surface area contributed by atoms with Gasteiger partial charge in [0.1, 0.15) is 12.3 Å². The van der Waals surface area contributed by atoms with Crippen LogP contribution in [-0.4, -0.2) is 34.9 Å². The Kier molecular flexibility index (Phi) is 6.63. The number of esters is 1. The molecule has 1 aromatic heterocycles. The zero-order chi connectivity index (χ0) is 21.5. The Morgan fingerprint density at radius 1 is 1.13 bits per heavy atom. The van der Waals surface area contributed by atoms with E-state index in [1.807, 2.05) is 24.3 Å². The number of rotatable bonds is 8. The molecule has 156 valence electrons. The molecule has 0 aliphatic carbocycles. The average Bonchev–Trinajstić information content (AvgIpc) is 3.12. The molecule has 9 nitrogen and oxygen atoms in total. The third kappa shape index (κ3) is 5.13. The molecule has 0 aliphatic rings. The Morgan fingerprint density at radius 2 is 1.83 bits per heavy atom. The molecule has 9 heteroatoms. The van der Waals surface area contributed by atoms with Gasteiger partial charge < -0.3 is 19.2 Å². The predicted molar refractivity (Wildman–Crippen MR) is 107 cm³/mol. The van der Waals surface area contributed by atoms with Crippen LogP contribution in [0.5, 0.6) is 5.75 Å². The molecule has 1 amide bonds. The first-order valence-electron chi connectivity index (χ1n) is 9.20. The second-order valence-corrected chi connectivity index (χ2v) is 6.36. The Balaban J connectivity index is 1.55. The monoisotopic (exact) mass is 411 g/mol. The summed E-state index contributed by atoms with van der Waals surface area (Å²) in [5, 5.41) is 6.67. The van der Waals surface area contributed by atoms with E-state index in [1.165, 1.54) is 6.92 Å². The van der Waals surface area contributed by atoms with Gasteiger partial charge in [-0.1, -0.05) is 36.4 Å². The fraction of sp³-hybridized carbons (Fsp3) is 0.238. The summed E-state index contributed by atoms with van der Waals surface area (Å²) in [7, 11) is 1.54. The largest absolute Gasteiger partial charge is 0.496 e. The quantitative estimate of drug-likeness (QED) is 0.562. The minimum Gasteiger partial charge on any atom is -0.496 e. The van der Waals surface area contributed by atoms with Crippen LogP contribution in [0.15, 0.2) is 63.8 Å². The fourth-order valence-electron chi connectivity index (χ4n) is 2.69. The molecule has 0 unspecified atom stereocenters. The van der Waals surface area contributed by atoms with E-state index in [4.69, 9.17) is 13.9 Å². The van der Waals surface area contributed by atoms with Gasteiger partial charge in [-0.25, -0.2) is 4.79 Å². The summed E-state index contributed by atoms with van der Waals surface area (Å²) in [6.45, 7) is 1.18. The highest BCUT2D eigenvalue weighted by molar-refractivity contribution is 5.83. The Hall–Kier alpha value is -3.88. The predicted octanol–water partition coefficient (Wildman–Crippen LogP) is 1.76. The molecule has 3 rings (SSSR count). The van der Waals surface area contributed by atoms with Gasteiger partial charge in [0.15, 0.2) is 6.10 Å². The van der Waals surface area contributed by atoms with E-state index in [1.54, 1.807) is 37.4 Å². The summed E-state index contributed by atoms with van der Waals surface area (Å²) in [4.78, 5) is 36.3. The van der Waals surface area contributed by atoms with E-state index >= 15 is 0 Å². The summed E-state index contributed by atoms with van der Waals surface area (Å²) in [5.41, 5.74) is 1.39. The molecule has 3 aromatic rings. The van der Waals surface area contributed by atoms with E-state index in [2.05, 4.69) is 10.4 Å². The topological polar surface area (TPSA) is 113 Å². The first-order chi connectivity index (χ1) is 14.5. The van der Waals surface area contributed by atoms with Gasteiger partial charge in [-0.3, -0.25) is 9.59 Å². The van der Waals surface area contributed by atoms with Crippen molar-refractivity contribution in [2.24, 2.45) is 0 Å². The standard InChI is InChI=1S/C21H21N3O6/c1-14(19(26)22-12-16-10-6-7-11-17(16)28-2)29-18(25)13-24-21(27)30-20(23-24)15-8-4-3-5-9-15/h3-11,14H,12-13H2,1-2H3,(H,22,26)/t14-/m1/s1. The lowest BCUT2D eigenvalue weighted by molar-refractivity contribution is -0.155. The van der Waals surface area contributed by atoms with Crippen molar-refractivity contribution in [3.8, 4) is 17.2 Å². The van der Waals surface area contributed by atoms with Gasteiger partial charge in [-0.2, -0.15) is 4.68 Å². The lowest BCUT2D eigenvalue weighted by atomic mass is 10.2. The van der Waals surface area contributed by atoms with Gasteiger partial charge >= 0.3 is 11.7 Å². The number of aromatic nitrogens is 2. The Labute approximate surface area is 172 Å². The molecule has 2 aromatic carbocycles. The van der Waals surface area contributed by atoms with Crippen molar-refractivity contribution in [1.82, 2.24) is 15.1 Å². The third-order valence-corrected chi connectivity index (χ3v) is 4.23. The molecule has 0 saturated heterocycles. The number of benzene rings is 2. The molecule has 0 aliphatic heterocycles. The molecule has 0 saturated carbocycles. The number of amides is 1. The van der Waals surface area contributed by atoms with Crippen LogP contribution >= 0.6 is 0 Å². The molecular formula is C21H21N3O6. The maximum absolute atomic E-state index is 12.2. The van der Waals surface area contributed by atoms with E-state index in [0.717, 1.165) is 10.2 Å². The van der Waals surface area contributed by atoms with Crippen molar-refractivity contribution >= 4 is 11.9 Å². The summed E-state index contributed by atoms with van der Waals surface area (Å²) >= 11 is 0. The molecule has 1 atom stereocenters. The number of nitrogens with zero attached hydrogens (tertiary/aromatic N) is 2. The second-order valence-electron chi connectivity index (χ2n) is 6.36. The number of carbonyl (C=O) groups excluding carboxylic acids is 2. The van der Waals surface area contributed by atoms with E-state index in [9.17, 15) is 14.4 Å². The van der Waals surface area contributed by atoms with Crippen molar-refractivity contribution in [3.63, 3.8) is 0 Å². The lowest BCUT2D eigenvalue weighted by Gasteiger charge is -2.14. The van der Waals surface area contributed by atoms with E-state index < -0.39 is 30.3 Å². The highest BCUT2D eigenvalue weighted by atomic mass is 16.5. The van der Waals surface area contributed by atoms with Gasteiger partial charge in [0.05, 0.1) is 7.11 Å². The van der Waals surface area contributed by atoms with Crippen LogP contribution in [0.1, 0.15) is 12.5 Å². The highest BCUT2D eigenvalue weighted by Gasteiger charge is 2.20. The van der Waals surface area contributed by atoms with Crippen LogP contribution in [-0.2, 0) is 27.4 Å². The summed E-state index contributed by atoms with van der Waals surface area (Å²) in [5.74, 6) is -1.33. The Morgan fingerprint density at radius 3 is 2.57 bits per heavy atom. The van der Waals surface area contributed by atoms with Crippen LogP contribution < -0.4 is 15.8 Å². The average molecular weight is 411 g/mol. The first-order valence-corrected chi connectivity index (χ1v) is 9.20. The number of carbonyl (C=O) groups is 2. The third-order valence-electron chi connectivity index (χ3n) is 4.23. The van der Waals surface area contributed by atoms with Crippen molar-refractivity contribution in [2.75, 3.05) is 7.11 Å². The molecule has 0 radical (unpaired) electrons. The number of hydrogen-bond donors (Lipinski definition) is 1. The maximum atomic E-state index is 12.2. The van der Waals surface area contributed by atoms with Gasteiger partial charge in [-0.05, 0) is 25.1 Å². The van der Waals surface area contributed by atoms with Gasteiger partial charge in [-0.15, -0.1) is 5.10 Å². The summed E-state index contributed by atoms with van der Waals surface area (Å²) in [6, 6.07) is 16.1. The number of ether oxygens (including phenoxy) is 2. The molecule has 0 bridgehead atoms. The van der Waals surface area contributed by atoms with Crippen LogP contribution in [0.3, 0.4) is 0 Å². The second kappa shape index (κ2) is 9.55. The van der Waals surface area contributed by atoms with Crippen molar-refractivity contribution in [3.05, 3.63) is 70.7 Å². The van der Waals surface area contributed by atoms with Gasteiger partial charge in [0.25, 0.3) is 5.91 Å². The van der Waals surface area contributed by atoms with E-state index in [0.29, 0.717) is 11.3 Å². The van der Waals surface area contributed by atoms with Crippen LogP contribution in [0.2, 0.25) is 0 Å². The first kappa shape index (κ1) is 20.8. The van der Waals surface area contributed by atoms with Gasteiger partial charge in [0.2, 0.25) is 5.89 Å². The van der Waals surface area contributed by atoms with Crippen LogP contribution in [0.25, 0.3) is 11.5 Å². The summed E-state index contributed by atoms with van der Waals surface area (Å²) in [6.07, 6.45) is -1.05. The number of methoxy groups -OCH3 is 1. The number of para-hydroxylation sites is 1.